The number of aliphatic hydroxyl groups is 1. The van der Waals surface area contributed by atoms with Gasteiger partial charge < -0.3 is 19.2 Å². The number of fused-ring (bicyclic) bond motifs is 3. The Kier molecular flexibility index (Phi) is 5.27. The maximum absolute atomic E-state index is 12.1. The number of hydrogen-bond donors (Lipinski definition) is 1. The Morgan fingerprint density at radius 1 is 1.08 bits per heavy atom. The van der Waals surface area contributed by atoms with Gasteiger partial charge in [-0.05, 0) is 62.9 Å². The van der Waals surface area contributed by atoms with Crippen molar-refractivity contribution in [2.75, 3.05) is 26.2 Å². The summed E-state index contributed by atoms with van der Waals surface area (Å²) in [6.07, 6.45) is 7.24. The van der Waals surface area contributed by atoms with Gasteiger partial charge in [-0.3, -0.25) is 0 Å². The lowest BCUT2D eigenvalue weighted by molar-refractivity contribution is 0.0694. The SMILES string of the molecule is O=c1oc2cc(OC[C@@H](O)CN3CCCCCC3)ccc2c2c1CCC2. The summed E-state index contributed by atoms with van der Waals surface area (Å²) in [6.45, 7) is 3.01. The zero-order valence-electron chi connectivity index (χ0n) is 15.2. The van der Waals surface area contributed by atoms with Crippen LogP contribution >= 0.6 is 0 Å². The lowest BCUT2D eigenvalue weighted by Gasteiger charge is -2.23. The third-order valence-electron chi connectivity index (χ3n) is 5.56. The Balaban J connectivity index is 1.41. The van der Waals surface area contributed by atoms with Gasteiger partial charge in [-0.1, -0.05) is 12.8 Å². The van der Waals surface area contributed by atoms with Gasteiger partial charge in [0.25, 0.3) is 0 Å². The molecule has 5 nitrogen and oxygen atoms in total. The van der Waals surface area contributed by atoms with Gasteiger partial charge in [0.1, 0.15) is 24.0 Å². The van der Waals surface area contributed by atoms with Crippen LogP contribution in [0.15, 0.2) is 27.4 Å². The molecule has 0 radical (unpaired) electrons. The predicted molar refractivity (Wildman–Crippen MR) is 101 cm³/mol. The van der Waals surface area contributed by atoms with Crippen LogP contribution in [0.1, 0.15) is 43.2 Å². The molecule has 1 aliphatic carbocycles. The molecule has 1 aromatic carbocycles. The maximum Gasteiger partial charge on any atom is 0.339 e. The summed E-state index contributed by atoms with van der Waals surface area (Å²) in [5.41, 5.74) is 2.32. The minimum atomic E-state index is -0.518. The maximum atomic E-state index is 12.1. The summed E-state index contributed by atoms with van der Waals surface area (Å²) >= 11 is 0. The van der Waals surface area contributed by atoms with Crippen LogP contribution in [0.25, 0.3) is 11.0 Å². The number of benzene rings is 1. The summed E-state index contributed by atoms with van der Waals surface area (Å²) in [6, 6.07) is 5.65. The van der Waals surface area contributed by atoms with Crippen LogP contribution in [0.3, 0.4) is 0 Å². The first kappa shape index (κ1) is 17.6. The second-order valence-corrected chi connectivity index (χ2v) is 7.54. The van der Waals surface area contributed by atoms with Crippen LogP contribution in [0, 0.1) is 0 Å². The summed E-state index contributed by atoms with van der Waals surface area (Å²) < 4.78 is 11.3. The lowest BCUT2D eigenvalue weighted by atomic mass is 10.1. The molecule has 0 spiro atoms. The molecule has 26 heavy (non-hydrogen) atoms. The van der Waals surface area contributed by atoms with Crippen molar-refractivity contribution < 1.29 is 14.3 Å². The average Bonchev–Trinajstić information content (AvgIpc) is 3.00. The Labute approximate surface area is 153 Å². The molecule has 1 fully saturated rings. The third kappa shape index (κ3) is 3.79. The van der Waals surface area contributed by atoms with Crippen molar-refractivity contribution in [2.24, 2.45) is 0 Å². The van der Waals surface area contributed by atoms with E-state index in [1.165, 1.54) is 25.7 Å². The van der Waals surface area contributed by atoms with E-state index in [0.29, 0.717) is 17.9 Å². The van der Waals surface area contributed by atoms with Crippen LogP contribution in [0.2, 0.25) is 0 Å². The number of likely N-dealkylation sites (tertiary alicyclic amines) is 1. The van der Waals surface area contributed by atoms with Crippen molar-refractivity contribution in [1.82, 2.24) is 4.90 Å². The van der Waals surface area contributed by atoms with E-state index < -0.39 is 6.10 Å². The van der Waals surface area contributed by atoms with E-state index in [4.69, 9.17) is 9.15 Å². The van der Waals surface area contributed by atoms with E-state index in [0.717, 1.165) is 48.9 Å². The van der Waals surface area contributed by atoms with E-state index in [2.05, 4.69) is 4.90 Å². The second kappa shape index (κ2) is 7.80. The molecule has 1 atom stereocenters. The highest BCUT2D eigenvalue weighted by Crippen LogP contribution is 2.29. The molecule has 5 heteroatoms. The normalized spacial score (nSPS) is 19.3. The van der Waals surface area contributed by atoms with E-state index in [1.807, 2.05) is 12.1 Å². The molecular weight excluding hydrogens is 330 g/mol. The zero-order chi connectivity index (χ0) is 17.9. The number of β-amino-alcohol motifs (C(OH)–C–C–N with tert-alkyl or cyclic N) is 1. The Bertz CT molecular complexity index is 821. The van der Waals surface area contributed by atoms with Gasteiger partial charge >= 0.3 is 5.63 Å². The van der Waals surface area contributed by atoms with Gasteiger partial charge in [0, 0.05) is 23.6 Å². The van der Waals surface area contributed by atoms with Crippen molar-refractivity contribution in [3.05, 3.63) is 39.7 Å². The van der Waals surface area contributed by atoms with Gasteiger partial charge in [0.2, 0.25) is 0 Å². The van der Waals surface area contributed by atoms with E-state index in [9.17, 15) is 9.90 Å². The van der Waals surface area contributed by atoms with Crippen molar-refractivity contribution in [3.8, 4) is 5.75 Å². The highest BCUT2D eigenvalue weighted by atomic mass is 16.5. The molecule has 140 valence electrons. The largest absolute Gasteiger partial charge is 0.491 e. The summed E-state index contributed by atoms with van der Waals surface area (Å²) in [5, 5.41) is 11.3. The van der Waals surface area contributed by atoms with Crippen LogP contribution in [0.4, 0.5) is 0 Å². The molecule has 0 saturated carbocycles. The van der Waals surface area contributed by atoms with Crippen LogP contribution in [-0.4, -0.2) is 42.4 Å². The standard InChI is InChI=1S/C21H27NO4/c23-15(13-22-10-3-1-2-4-11-22)14-25-16-8-9-18-17-6-5-7-19(17)21(24)26-20(18)12-16/h8-9,12,15,23H,1-7,10-11,13-14H2/t15-/m0/s1. The van der Waals surface area contributed by atoms with Gasteiger partial charge in [0.05, 0.1) is 0 Å². The number of aliphatic hydroxyl groups excluding tert-OH is 1. The van der Waals surface area contributed by atoms with Gasteiger partial charge in [-0.15, -0.1) is 0 Å². The molecule has 4 rings (SSSR count). The molecule has 1 aliphatic heterocycles. The second-order valence-electron chi connectivity index (χ2n) is 7.54. The molecule has 1 N–H and O–H groups in total. The molecule has 2 heterocycles. The lowest BCUT2D eigenvalue weighted by Crippen LogP contribution is -2.36. The fraction of sp³-hybridized carbons (Fsp3) is 0.571. The summed E-state index contributed by atoms with van der Waals surface area (Å²) in [5.74, 6) is 0.633. The Morgan fingerprint density at radius 3 is 2.65 bits per heavy atom. The van der Waals surface area contributed by atoms with E-state index in [-0.39, 0.29) is 12.2 Å². The first-order valence-electron chi connectivity index (χ1n) is 9.82. The summed E-state index contributed by atoms with van der Waals surface area (Å²) in [7, 11) is 0. The molecular formula is C21H27NO4. The topological polar surface area (TPSA) is 62.9 Å². The van der Waals surface area contributed by atoms with E-state index >= 15 is 0 Å². The quantitative estimate of drug-likeness (QED) is 0.834. The molecule has 2 aromatic rings. The van der Waals surface area contributed by atoms with Crippen LogP contribution in [0.5, 0.6) is 5.75 Å². The minimum Gasteiger partial charge on any atom is -0.491 e. The third-order valence-corrected chi connectivity index (χ3v) is 5.56. The number of ether oxygens (including phenoxy) is 1. The zero-order valence-corrected chi connectivity index (χ0v) is 15.2. The molecule has 1 aromatic heterocycles. The van der Waals surface area contributed by atoms with Crippen molar-refractivity contribution in [1.29, 1.82) is 0 Å². The summed E-state index contributed by atoms with van der Waals surface area (Å²) in [4.78, 5) is 14.4. The molecule has 0 amide bonds. The first-order valence-corrected chi connectivity index (χ1v) is 9.82. The molecule has 0 unspecified atom stereocenters. The van der Waals surface area contributed by atoms with Crippen LogP contribution < -0.4 is 10.4 Å². The Hall–Kier alpha value is -1.85. The fourth-order valence-electron chi connectivity index (χ4n) is 4.22. The number of aryl methyl sites for hydroxylation is 1. The first-order chi connectivity index (χ1) is 12.7. The average molecular weight is 357 g/mol. The monoisotopic (exact) mass is 357 g/mol. The molecule has 1 saturated heterocycles. The predicted octanol–water partition coefficient (Wildman–Crippen LogP) is 2.90. The van der Waals surface area contributed by atoms with Crippen LogP contribution in [-0.2, 0) is 12.8 Å². The van der Waals surface area contributed by atoms with Gasteiger partial charge in [0.15, 0.2) is 0 Å². The van der Waals surface area contributed by atoms with Crippen molar-refractivity contribution >= 4 is 11.0 Å². The van der Waals surface area contributed by atoms with Gasteiger partial charge in [-0.2, -0.15) is 0 Å². The van der Waals surface area contributed by atoms with Crippen molar-refractivity contribution in [3.63, 3.8) is 0 Å². The molecule has 0 bridgehead atoms. The number of rotatable bonds is 5. The number of hydrogen-bond acceptors (Lipinski definition) is 5. The highest BCUT2D eigenvalue weighted by Gasteiger charge is 2.20. The highest BCUT2D eigenvalue weighted by molar-refractivity contribution is 5.83. The number of nitrogens with zero attached hydrogens (tertiary/aromatic N) is 1. The van der Waals surface area contributed by atoms with Gasteiger partial charge in [-0.25, -0.2) is 4.79 Å². The minimum absolute atomic E-state index is 0.219. The fourth-order valence-corrected chi connectivity index (χ4v) is 4.22. The van der Waals surface area contributed by atoms with E-state index in [1.54, 1.807) is 6.07 Å². The Morgan fingerprint density at radius 2 is 1.85 bits per heavy atom. The molecule has 2 aliphatic rings. The van der Waals surface area contributed by atoms with Crippen molar-refractivity contribution in [2.45, 2.75) is 51.0 Å². The smallest absolute Gasteiger partial charge is 0.339 e.